The first-order valence-corrected chi connectivity index (χ1v) is 49.1. The van der Waals surface area contributed by atoms with Gasteiger partial charge in [0.05, 0.1) is 61.8 Å². The Labute approximate surface area is 759 Å². The van der Waals surface area contributed by atoms with E-state index in [0.29, 0.717) is 66.3 Å². The summed E-state index contributed by atoms with van der Waals surface area (Å²) < 4.78 is 162. The molecule has 13 rings (SSSR count). The second-order valence-electron chi connectivity index (χ2n) is 33.6. The van der Waals surface area contributed by atoms with Crippen molar-refractivity contribution in [1.82, 2.24) is 48.9 Å². The molecule has 0 saturated carbocycles. The van der Waals surface area contributed by atoms with Crippen molar-refractivity contribution in [2.45, 2.75) is 192 Å². The number of hydrogen-bond acceptors (Lipinski definition) is 18. The molecular formula is C92H98Br4N10O14S4. The highest BCUT2D eigenvalue weighted by Crippen LogP contribution is 2.46. The second-order valence-corrected chi connectivity index (χ2v) is 43.5. The Kier molecular flexibility index (Phi) is 27.6. The van der Waals surface area contributed by atoms with E-state index in [4.69, 9.17) is 37.1 Å². The minimum atomic E-state index is -4.93. The van der Waals surface area contributed by atoms with E-state index in [1.54, 1.807) is 107 Å². The van der Waals surface area contributed by atoms with Crippen LogP contribution in [0.2, 0.25) is 0 Å². The van der Waals surface area contributed by atoms with Crippen LogP contribution < -0.4 is 16.7 Å². The first-order chi connectivity index (χ1) is 58.3. The van der Waals surface area contributed by atoms with Gasteiger partial charge in [0.15, 0.2) is 0 Å². The molecule has 4 aromatic heterocycles. The van der Waals surface area contributed by atoms with Gasteiger partial charge < -0.3 is 26.5 Å². The fourth-order valence-electron chi connectivity index (χ4n) is 15.3. The predicted octanol–water partition coefficient (Wildman–Crippen LogP) is 17.9. The van der Waals surface area contributed by atoms with E-state index in [9.17, 15) is 0 Å². The lowest BCUT2D eigenvalue weighted by atomic mass is 9.81. The van der Waals surface area contributed by atoms with E-state index in [-0.39, 0.29) is 138 Å². The Morgan fingerprint density at radius 2 is 0.516 bits per heavy atom. The normalized spacial score (nSPS) is 12.8. The number of amides is 2. The summed E-state index contributed by atoms with van der Waals surface area (Å²) in [5.74, 6) is -1.75. The maximum atomic E-state index is 15.9. The highest BCUT2D eigenvalue weighted by atomic mass is 79.9. The van der Waals surface area contributed by atoms with Crippen LogP contribution in [0.4, 0.5) is 0 Å². The van der Waals surface area contributed by atoms with Crippen molar-refractivity contribution in [2.75, 3.05) is 26.2 Å². The summed E-state index contributed by atoms with van der Waals surface area (Å²) in [5.41, 5.74) is 7.91. The first kappa shape index (κ1) is 92.1. The van der Waals surface area contributed by atoms with Gasteiger partial charge in [0.2, 0.25) is 11.8 Å². The van der Waals surface area contributed by atoms with Gasteiger partial charge in [-0.1, -0.05) is 154 Å². The largest absolute Gasteiger partial charge is 0.378 e. The topological polar surface area (TPSA) is 285 Å². The minimum absolute atomic E-state index is 0.0950. The average molecular weight is 2020 g/mol. The second kappa shape index (κ2) is 37.2. The fourth-order valence-corrected chi connectivity index (χ4v) is 20.4. The molecular weight excluding hydrogens is 1920 g/mol. The lowest BCUT2D eigenvalue weighted by molar-refractivity contribution is -0.131. The van der Waals surface area contributed by atoms with Crippen molar-refractivity contribution in [1.29, 1.82) is 0 Å². The van der Waals surface area contributed by atoms with Crippen LogP contribution in [0.1, 0.15) is 154 Å². The Morgan fingerprint density at radius 1 is 0.323 bits per heavy atom. The molecule has 1 aliphatic carbocycles. The van der Waals surface area contributed by atoms with Gasteiger partial charge in [-0.05, 0) is 210 Å². The molecule has 2 amide bonds. The van der Waals surface area contributed by atoms with Crippen LogP contribution in [-0.4, -0.2) is 121 Å². The van der Waals surface area contributed by atoms with Gasteiger partial charge in [0.1, 0.15) is 42.6 Å². The summed E-state index contributed by atoms with van der Waals surface area (Å²) in [6, 6.07) is 44.8. The van der Waals surface area contributed by atoms with Crippen LogP contribution in [0.25, 0.3) is 0 Å². The molecule has 12 aromatic rings. The average Bonchev–Trinajstić information content (AvgIpc) is 0.899. The molecule has 0 radical (unpaired) electrons. The molecule has 8 aromatic carbocycles. The number of carbonyl (C=O) groups excluding carboxylic acids is 2. The molecule has 0 saturated heterocycles. The van der Waals surface area contributed by atoms with Crippen molar-refractivity contribution in [3.63, 3.8) is 0 Å². The van der Waals surface area contributed by atoms with Crippen LogP contribution >= 0.6 is 63.7 Å². The molecule has 0 fully saturated rings. The molecule has 4 heterocycles. The van der Waals surface area contributed by atoms with Crippen LogP contribution in [0, 0.1) is 55.4 Å². The molecule has 652 valence electrons. The van der Waals surface area contributed by atoms with E-state index in [1.165, 1.54) is 48.5 Å². The molecule has 24 nitrogen and oxygen atoms in total. The summed E-state index contributed by atoms with van der Waals surface area (Å²) in [6.45, 7) is 29.1. The number of aryl methyl sites for hydroxylation is 8. The molecule has 0 aliphatic heterocycles. The van der Waals surface area contributed by atoms with E-state index in [2.05, 4.69) is 63.7 Å². The van der Waals surface area contributed by atoms with Gasteiger partial charge in [-0.15, -0.1) is 0 Å². The lowest BCUT2D eigenvalue weighted by Gasteiger charge is -2.28. The number of fused-ring (bicyclic) bond motifs is 8. The number of nitrogens with zero attached hydrogens (tertiary/aromatic N) is 10. The van der Waals surface area contributed by atoms with Gasteiger partial charge in [-0.25, -0.2) is 0 Å². The quantitative estimate of drug-likeness (QED) is 0.0412. The van der Waals surface area contributed by atoms with E-state index in [1.807, 2.05) is 140 Å². The van der Waals surface area contributed by atoms with Crippen LogP contribution in [-0.2, 0) is 126 Å². The van der Waals surface area contributed by atoms with E-state index in [0.717, 1.165) is 45.6 Å². The van der Waals surface area contributed by atoms with Crippen LogP contribution in [0.15, 0.2) is 207 Å². The number of rotatable bonds is 28. The van der Waals surface area contributed by atoms with Gasteiger partial charge in [-0.3, -0.25) is 28.3 Å². The zero-order valence-corrected chi connectivity index (χ0v) is 81.0. The monoisotopic (exact) mass is 2010 g/mol. The molecule has 8 bridgehead atoms. The van der Waals surface area contributed by atoms with Gasteiger partial charge in [-0.2, -0.15) is 54.1 Å². The maximum absolute atomic E-state index is 15.9. The predicted molar refractivity (Wildman–Crippen MR) is 490 cm³/mol. The molecule has 0 spiro atoms. The molecule has 0 N–H and O–H groups in total. The van der Waals surface area contributed by atoms with Crippen molar-refractivity contribution >= 4 is 116 Å². The smallest absolute Gasteiger partial charge is 0.339 e. The summed E-state index contributed by atoms with van der Waals surface area (Å²) in [7, 11) is -19.7. The van der Waals surface area contributed by atoms with Gasteiger partial charge in [0.25, 0.3) is 0 Å². The van der Waals surface area contributed by atoms with Crippen molar-refractivity contribution in [2.24, 2.45) is 0 Å². The Balaban J connectivity index is 1.12. The van der Waals surface area contributed by atoms with Gasteiger partial charge >= 0.3 is 40.5 Å². The van der Waals surface area contributed by atoms with Crippen LogP contribution in [0.3, 0.4) is 0 Å². The molecule has 124 heavy (non-hydrogen) atoms. The summed E-state index contributed by atoms with van der Waals surface area (Å²) in [6.07, 6.45) is -2.36. The molecule has 32 heteroatoms. The van der Waals surface area contributed by atoms with Crippen LogP contribution in [0.5, 0.6) is 23.0 Å². The summed E-state index contributed by atoms with van der Waals surface area (Å²) in [4.78, 5) is 34.3. The standard InChI is InChI=1S/C92H98Br4N10O14S4/c1-57-39-61(5)103(97-57)35-31-101(32-36-104-62(6)40-58(2)98-104)85(107)47-65-43-67-49-71-53-75(91(9,10)11)55-73(89(71)119-123(113,114)83-27-19-79(95)20-28-83)51-69-45-66(48-86(108)102(33-37-105-63(7)41-59(3)99-105)34-38-106-64(8)42-60(4)100-106)46-70(88(69)118-122(111,112)82-25-17-78(94)18-26-82)52-74-56-76(92(12,13)14)54-72(90(74)120-124(115,116)84-29-21-80(96)22-30-84)50-68(44-65)87(67)117-121(109,110)81-23-15-77(93)16-24-81/h15-30,39-46,53-56H,31-38,47-52H2,1-14H3. The third-order valence-electron chi connectivity index (χ3n) is 21.7. The molecule has 0 unspecified atom stereocenters. The number of halogens is 4. The molecule has 0 atom stereocenters. The maximum Gasteiger partial charge on any atom is 0.339 e. The SMILES string of the molecule is Cc1cc(C)n(CCN(CCn2nc(C)cc2C)C(=O)Cc2cc3c(OS(=O)(=O)c4ccc(Br)cc4)c(c2)Cc2cc(C(C)(C)C)cc(c2OS(=O)(=O)c2ccc(Br)cc2)Cc2cc(CC(=O)N(CCn4nc(C)cc4C)CCn4nc(C)cc4C)cc(c2OS(=O)(=O)c2ccc(Br)cc2)Cc2cc(C(C)(C)C)cc(c2OS(=O)(=O)c2ccc(Br)cc2)C3)n1. The minimum Gasteiger partial charge on any atom is -0.378 e. The Bertz CT molecular complexity index is 5970. The number of benzene rings is 8. The fraction of sp³-hybridized carbons (Fsp3) is 0.326. The number of aromatic nitrogens is 8. The highest BCUT2D eigenvalue weighted by Gasteiger charge is 2.35. The molecule has 1 aliphatic rings. The summed E-state index contributed by atoms with van der Waals surface area (Å²) >= 11 is 13.9. The third kappa shape index (κ3) is 22.3. The third-order valence-corrected chi connectivity index (χ3v) is 28.7. The van der Waals surface area contributed by atoms with E-state index >= 15 is 43.3 Å². The highest BCUT2D eigenvalue weighted by molar-refractivity contribution is 9.11. The van der Waals surface area contributed by atoms with Gasteiger partial charge in [0, 0.05) is 137 Å². The number of hydrogen-bond donors (Lipinski definition) is 0. The lowest BCUT2D eigenvalue weighted by Crippen LogP contribution is -2.38. The zero-order chi connectivity index (χ0) is 89.4. The Hall–Kier alpha value is -9.54. The van der Waals surface area contributed by atoms with E-state index < -0.39 is 77.0 Å². The Morgan fingerprint density at radius 3 is 0.694 bits per heavy atom. The van der Waals surface area contributed by atoms with Crippen molar-refractivity contribution < 1.29 is 60.0 Å². The number of carbonyl (C=O) groups is 2. The van der Waals surface area contributed by atoms with Crippen molar-refractivity contribution in [3.8, 4) is 23.0 Å². The zero-order valence-electron chi connectivity index (χ0n) is 71.4. The summed E-state index contributed by atoms with van der Waals surface area (Å²) in [5, 5.41) is 19.0. The first-order valence-electron chi connectivity index (χ1n) is 40.3. The van der Waals surface area contributed by atoms with Crippen molar-refractivity contribution in [3.05, 3.63) is 300 Å².